The van der Waals surface area contributed by atoms with Crippen LogP contribution in [0.3, 0.4) is 0 Å². The minimum Gasteiger partial charge on any atom is -0.344 e. The predicted octanol–water partition coefficient (Wildman–Crippen LogP) is 4.23. The molecule has 1 heterocycles. The first kappa shape index (κ1) is 13.4. The van der Waals surface area contributed by atoms with Crippen molar-refractivity contribution in [3.05, 3.63) is 82.0 Å². The SMILES string of the molecule is CC1C=CN(Cc2ccc([N+](=O)[O-])cc2)c2ccccc21. The highest BCUT2D eigenvalue weighted by molar-refractivity contribution is 5.61. The Morgan fingerprint density at radius 3 is 2.57 bits per heavy atom. The molecule has 4 nitrogen and oxygen atoms in total. The van der Waals surface area contributed by atoms with Crippen molar-refractivity contribution < 1.29 is 4.92 Å². The average molecular weight is 280 g/mol. The van der Waals surface area contributed by atoms with Gasteiger partial charge in [-0.05, 0) is 17.2 Å². The summed E-state index contributed by atoms with van der Waals surface area (Å²) in [5.41, 5.74) is 3.68. The second-order valence-electron chi connectivity index (χ2n) is 5.24. The summed E-state index contributed by atoms with van der Waals surface area (Å²) in [6.45, 7) is 2.89. The van der Waals surface area contributed by atoms with Gasteiger partial charge in [0.25, 0.3) is 5.69 Å². The molecule has 0 fully saturated rings. The van der Waals surface area contributed by atoms with Crippen LogP contribution in [0.15, 0.2) is 60.8 Å². The summed E-state index contributed by atoms with van der Waals surface area (Å²) in [6.07, 6.45) is 4.27. The van der Waals surface area contributed by atoms with E-state index in [0.717, 1.165) is 5.56 Å². The van der Waals surface area contributed by atoms with Gasteiger partial charge in [-0.1, -0.05) is 43.3 Å². The van der Waals surface area contributed by atoms with Gasteiger partial charge in [-0.15, -0.1) is 0 Å². The topological polar surface area (TPSA) is 46.4 Å². The molecule has 0 amide bonds. The highest BCUT2D eigenvalue weighted by Gasteiger charge is 2.17. The van der Waals surface area contributed by atoms with Gasteiger partial charge >= 0.3 is 0 Å². The van der Waals surface area contributed by atoms with Crippen LogP contribution in [0.25, 0.3) is 0 Å². The van der Waals surface area contributed by atoms with Gasteiger partial charge in [0.1, 0.15) is 0 Å². The lowest BCUT2D eigenvalue weighted by Crippen LogP contribution is -2.20. The number of allylic oxidation sites excluding steroid dienone is 1. The zero-order valence-electron chi connectivity index (χ0n) is 11.8. The van der Waals surface area contributed by atoms with Gasteiger partial charge in [0.05, 0.1) is 4.92 Å². The number of nitro benzene ring substituents is 1. The number of hydrogen-bond acceptors (Lipinski definition) is 3. The van der Waals surface area contributed by atoms with Crippen LogP contribution < -0.4 is 4.90 Å². The van der Waals surface area contributed by atoms with E-state index >= 15 is 0 Å². The smallest absolute Gasteiger partial charge is 0.269 e. The number of non-ortho nitro benzene ring substituents is 1. The van der Waals surface area contributed by atoms with Crippen LogP contribution in [-0.2, 0) is 6.54 Å². The van der Waals surface area contributed by atoms with E-state index in [0.29, 0.717) is 12.5 Å². The number of para-hydroxylation sites is 1. The molecule has 0 saturated carbocycles. The molecule has 0 N–H and O–H groups in total. The van der Waals surface area contributed by atoms with Crippen molar-refractivity contribution >= 4 is 11.4 Å². The molecule has 0 aliphatic carbocycles. The fourth-order valence-electron chi connectivity index (χ4n) is 2.61. The molecule has 2 aromatic carbocycles. The lowest BCUT2D eigenvalue weighted by Gasteiger charge is -2.29. The van der Waals surface area contributed by atoms with Crippen molar-refractivity contribution in [2.24, 2.45) is 0 Å². The fraction of sp³-hybridized carbons (Fsp3) is 0.176. The van der Waals surface area contributed by atoms with Crippen LogP contribution in [0.2, 0.25) is 0 Å². The summed E-state index contributed by atoms with van der Waals surface area (Å²) in [7, 11) is 0. The lowest BCUT2D eigenvalue weighted by molar-refractivity contribution is -0.384. The van der Waals surface area contributed by atoms with E-state index in [2.05, 4.69) is 42.3 Å². The van der Waals surface area contributed by atoms with Gasteiger partial charge in [-0.3, -0.25) is 10.1 Å². The number of anilines is 1. The highest BCUT2D eigenvalue weighted by Crippen LogP contribution is 2.33. The van der Waals surface area contributed by atoms with Crippen LogP contribution in [-0.4, -0.2) is 4.92 Å². The summed E-state index contributed by atoms with van der Waals surface area (Å²) in [5.74, 6) is 0.411. The van der Waals surface area contributed by atoms with Crippen LogP contribution in [0, 0.1) is 10.1 Å². The number of hydrogen-bond donors (Lipinski definition) is 0. The lowest BCUT2D eigenvalue weighted by atomic mass is 9.95. The molecule has 0 bridgehead atoms. The Bertz CT molecular complexity index is 692. The Hall–Kier alpha value is -2.62. The normalized spacial score (nSPS) is 16.6. The van der Waals surface area contributed by atoms with E-state index in [1.165, 1.54) is 11.3 Å². The molecule has 1 aliphatic heterocycles. The van der Waals surface area contributed by atoms with Crippen molar-refractivity contribution in [3.8, 4) is 0 Å². The summed E-state index contributed by atoms with van der Waals surface area (Å²) < 4.78 is 0. The maximum atomic E-state index is 10.7. The second kappa shape index (κ2) is 5.40. The van der Waals surface area contributed by atoms with E-state index in [-0.39, 0.29) is 10.6 Å². The Kier molecular flexibility index (Phi) is 3.44. The third-order valence-electron chi connectivity index (χ3n) is 3.79. The third-order valence-corrected chi connectivity index (χ3v) is 3.79. The van der Waals surface area contributed by atoms with Gasteiger partial charge in [0.15, 0.2) is 0 Å². The minimum atomic E-state index is -0.373. The molecule has 1 aliphatic rings. The van der Waals surface area contributed by atoms with Crippen molar-refractivity contribution in [2.45, 2.75) is 19.4 Å². The summed E-state index contributed by atoms with van der Waals surface area (Å²) >= 11 is 0. The zero-order valence-corrected chi connectivity index (χ0v) is 11.8. The van der Waals surface area contributed by atoms with Crippen LogP contribution >= 0.6 is 0 Å². The number of nitrogens with zero attached hydrogens (tertiary/aromatic N) is 2. The van der Waals surface area contributed by atoms with Crippen LogP contribution in [0.4, 0.5) is 11.4 Å². The van der Waals surface area contributed by atoms with Gasteiger partial charge in [0, 0.05) is 36.5 Å². The van der Waals surface area contributed by atoms with E-state index in [1.807, 2.05) is 18.2 Å². The molecule has 106 valence electrons. The van der Waals surface area contributed by atoms with E-state index in [1.54, 1.807) is 12.1 Å². The molecule has 4 heteroatoms. The minimum absolute atomic E-state index is 0.127. The maximum absolute atomic E-state index is 10.7. The maximum Gasteiger partial charge on any atom is 0.269 e. The van der Waals surface area contributed by atoms with Gasteiger partial charge < -0.3 is 4.90 Å². The number of benzene rings is 2. The van der Waals surface area contributed by atoms with Gasteiger partial charge in [-0.25, -0.2) is 0 Å². The molecule has 0 aromatic heterocycles. The number of rotatable bonds is 3. The molecule has 2 aromatic rings. The molecule has 3 rings (SSSR count). The monoisotopic (exact) mass is 280 g/mol. The average Bonchev–Trinajstić information content (AvgIpc) is 2.51. The molecule has 21 heavy (non-hydrogen) atoms. The Balaban J connectivity index is 1.85. The van der Waals surface area contributed by atoms with Crippen LogP contribution in [0.1, 0.15) is 24.0 Å². The first-order chi connectivity index (χ1) is 10.1. The summed E-state index contributed by atoms with van der Waals surface area (Å²) in [6, 6.07) is 15.1. The van der Waals surface area contributed by atoms with E-state index in [4.69, 9.17) is 0 Å². The molecule has 0 saturated heterocycles. The van der Waals surface area contributed by atoms with Gasteiger partial charge in [0.2, 0.25) is 0 Å². The number of fused-ring (bicyclic) bond motifs is 1. The van der Waals surface area contributed by atoms with E-state index in [9.17, 15) is 10.1 Å². The fourth-order valence-corrected chi connectivity index (χ4v) is 2.61. The summed E-state index contributed by atoms with van der Waals surface area (Å²) in [5, 5.41) is 10.7. The summed E-state index contributed by atoms with van der Waals surface area (Å²) in [4.78, 5) is 12.5. The third kappa shape index (κ3) is 2.65. The molecule has 1 unspecified atom stereocenters. The second-order valence-corrected chi connectivity index (χ2v) is 5.24. The van der Waals surface area contributed by atoms with Crippen molar-refractivity contribution in [1.29, 1.82) is 0 Å². The number of nitro groups is 1. The molecule has 1 atom stereocenters. The highest BCUT2D eigenvalue weighted by atomic mass is 16.6. The van der Waals surface area contributed by atoms with Gasteiger partial charge in [-0.2, -0.15) is 0 Å². The predicted molar refractivity (Wildman–Crippen MR) is 83.3 cm³/mol. The van der Waals surface area contributed by atoms with Crippen molar-refractivity contribution in [3.63, 3.8) is 0 Å². The molecule has 0 spiro atoms. The van der Waals surface area contributed by atoms with E-state index < -0.39 is 0 Å². The van der Waals surface area contributed by atoms with Crippen molar-refractivity contribution in [1.82, 2.24) is 0 Å². The zero-order chi connectivity index (χ0) is 14.8. The quantitative estimate of drug-likeness (QED) is 0.624. The Morgan fingerprint density at radius 1 is 1.14 bits per heavy atom. The first-order valence-corrected chi connectivity index (χ1v) is 6.92. The largest absolute Gasteiger partial charge is 0.344 e. The van der Waals surface area contributed by atoms with Crippen molar-refractivity contribution in [2.75, 3.05) is 4.90 Å². The van der Waals surface area contributed by atoms with Crippen LogP contribution in [0.5, 0.6) is 0 Å². The first-order valence-electron chi connectivity index (χ1n) is 6.92. The Labute approximate surface area is 123 Å². The molecule has 0 radical (unpaired) electrons. The Morgan fingerprint density at radius 2 is 1.86 bits per heavy atom. The molecular weight excluding hydrogens is 264 g/mol. The standard InChI is InChI=1S/C17H16N2O2/c1-13-10-11-18(17-5-3-2-4-16(13)17)12-14-6-8-15(9-7-14)19(20)21/h2-11,13H,12H2,1H3. The molecular formula is C17H16N2O2.